The highest BCUT2D eigenvalue weighted by molar-refractivity contribution is 5.90. The van der Waals surface area contributed by atoms with E-state index in [4.69, 9.17) is 11.2 Å². The quantitative estimate of drug-likeness (QED) is 0.239. The summed E-state index contributed by atoms with van der Waals surface area (Å²) in [5.41, 5.74) is 2.01. The van der Waals surface area contributed by atoms with Crippen molar-refractivity contribution in [2.75, 3.05) is 33.3 Å². The number of rotatable bonds is 12. The van der Waals surface area contributed by atoms with E-state index in [-0.39, 0.29) is 69.2 Å². The van der Waals surface area contributed by atoms with Crippen molar-refractivity contribution in [2.24, 2.45) is 0 Å². The Morgan fingerprint density at radius 1 is 1.09 bits per heavy atom. The average Bonchev–Trinajstić information content (AvgIpc) is 3.03. The zero-order chi connectivity index (χ0) is 32.3. The molecule has 0 bridgehead atoms. The normalized spacial score (nSPS) is 15.8. The minimum absolute atomic E-state index is 0.0124. The maximum atomic E-state index is 14.0. The summed E-state index contributed by atoms with van der Waals surface area (Å²) in [5.74, 6) is 1.47. The highest BCUT2D eigenvalue weighted by Gasteiger charge is 2.44. The largest absolute Gasteiger partial charge is 0.508 e. The van der Waals surface area contributed by atoms with Gasteiger partial charge >= 0.3 is 6.03 Å². The average molecular weight is 616 g/mol. The number of hydrazine groups is 1. The molecule has 0 aliphatic carbocycles. The fourth-order valence-electron chi connectivity index (χ4n) is 5.22. The first-order chi connectivity index (χ1) is 21.7. The molecule has 2 atom stereocenters. The summed E-state index contributed by atoms with van der Waals surface area (Å²) in [6.45, 7) is 2.10. The van der Waals surface area contributed by atoms with E-state index in [1.165, 1.54) is 38.0 Å². The molecule has 1 aliphatic heterocycles. The van der Waals surface area contributed by atoms with Gasteiger partial charge in [-0.05, 0) is 36.2 Å². The van der Waals surface area contributed by atoms with E-state index in [0.717, 1.165) is 5.56 Å². The first-order valence-corrected chi connectivity index (χ1v) is 14.6. The van der Waals surface area contributed by atoms with Crippen molar-refractivity contribution in [1.29, 1.82) is 0 Å². The summed E-state index contributed by atoms with van der Waals surface area (Å²) in [6, 6.07) is 20.6. The van der Waals surface area contributed by atoms with Crippen LogP contribution in [-0.4, -0.2) is 88.3 Å². The zero-order valence-corrected chi connectivity index (χ0v) is 25.4. The number of nitrogens with zero attached hydrogens (tertiary/aromatic N) is 4. The topological polar surface area (TPSA) is 106 Å². The van der Waals surface area contributed by atoms with Crippen molar-refractivity contribution in [3.05, 3.63) is 101 Å². The number of urea groups is 1. The molecule has 11 heteroatoms. The van der Waals surface area contributed by atoms with E-state index in [2.05, 4.69) is 11.2 Å². The SMILES string of the molecule is C#CCN1CC(=O)N([C@@H](Cc2ccc(O)cc2)C(=O)N(C)CCOCc2ccccc2F)[C@H](C)N1C(=O)NCc1ccccc1. The zero-order valence-electron chi connectivity index (χ0n) is 25.4. The molecule has 4 rings (SSSR count). The fourth-order valence-corrected chi connectivity index (χ4v) is 5.22. The van der Waals surface area contributed by atoms with Crippen LogP contribution >= 0.6 is 0 Å². The van der Waals surface area contributed by atoms with Crippen LogP contribution in [0.1, 0.15) is 23.6 Å². The van der Waals surface area contributed by atoms with Gasteiger partial charge < -0.3 is 25.0 Å². The third-order valence-electron chi connectivity index (χ3n) is 7.58. The van der Waals surface area contributed by atoms with Crippen LogP contribution < -0.4 is 5.32 Å². The molecule has 1 heterocycles. The number of ether oxygens (including phenoxy) is 1. The fraction of sp³-hybridized carbons (Fsp3) is 0.324. The van der Waals surface area contributed by atoms with Crippen LogP contribution in [0.2, 0.25) is 0 Å². The van der Waals surface area contributed by atoms with Gasteiger partial charge in [-0.2, -0.15) is 5.01 Å². The lowest BCUT2D eigenvalue weighted by atomic mass is 10.0. The molecule has 2 N–H and O–H groups in total. The molecule has 0 radical (unpaired) electrons. The molecule has 0 aromatic heterocycles. The lowest BCUT2D eigenvalue weighted by molar-refractivity contribution is -0.173. The second-order valence-corrected chi connectivity index (χ2v) is 10.7. The van der Waals surface area contributed by atoms with Crippen LogP contribution in [-0.2, 0) is 33.9 Å². The van der Waals surface area contributed by atoms with Gasteiger partial charge in [-0.25, -0.2) is 14.2 Å². The Morgan fingerprint density at radius 3 is 2.47 bits per heavy atom. The highest BCUT2D eigenvalue weighted by atomic mass is 19.1. The third kappa shape index (κ3) is 8.59. The number of halogens is 1. The maximum absolute atomic E-state index is 14.0. The lowest BCUT2D eigenvalue weighted by Crippen LogP contribution is -2.70. The number of carbonyl (C=O) groups is 3. The van der Waals surface area contributed by atoms with Crippen LogP contribution in [0.4, 0.5) is 9.18 Å². The Labute approximate surface area is 262 Å². The van der Waals surface area contributed by atoms with Crippen molar-refractivity contribution in [3.63, 3.8) is 0 Å². The second kappa shape index (κ2) is 15.7. The Hall–Kier alpha value is -4.92. The molecule has 0 unspecified atom stereocenters. The van der Waals surface area contributed by atoms with Gasteiger partial charge in [0.2, 0.25) is 11.8 Å². The lowest BCUT2D eigenvalue weighted by Gasteiger charge is -2.49. The van der Waals surface area contributed by atoms with Gasteiger partial charge in [0, 0.05) is 32.1 Å². The van der Waals surface area contributed by atoms with Gasteiger partial charge in [-0.3, -0.25) is 9.59 Å². The van der Waals surface area contributed by atoms with E-state index in [1.54, 1.807) is 44.3 Å². The van der Waals surface area contributed by atoms with Gasteiger partial charge in [0.15, 0.2) is 0 Å². The molecule has 236 valence electrons. The second-order valence-electron chi connectivity index (χ2n) is 10.7. The number of hydrogen-bond donors (Lipinski definition) is 2. The summed E-state index contributed by atoms with van der Waals surface area (Å²) in [7, 11) is 1.60. The molecule has 4 amide bonds. The molecular weight excluding hydrogens is 577 g/mol. The first kappa shape index (κ1) is 33.0. The van der Waals surface area contributed by atoms with Crippen LogP contribution in [0.25, 0.3) is 0 Å². The number of aromatic hydroxyl groups is 1. The molecule has 3 aromatic rings. The van der Waals surface area contributed by atoms with Crippen molar-refractivity contribution in [1.82, 2.24) is 25.1 Å². The van der Waals surface area contributed by atoms with E-state index in [1.807, 2.05) is 30.3 Å². The van der Waals surface area contributed by atoms with Crippen molar-refractivity contribution < 1.29 is 28.6 Å². The molecule has 1 aliphatic rings. The molecule has 1 saturated heterocycles. The van der Waals surface area contributed by atoms with Crippen LogP contribution in [0, 0.1) is 18.2 Å². The van der Waals surface area contributed by atoms with Crippen molar-refractivity contribution in [3.8, 4) is 18.1 Å². The van der Waals surface area contributed by atoms with Gasteiger partial charge in [0.1, 0.15) is 23.8 Å². The number of terminal acetylenes is 1. The Balaban J connectivity index is 1.54. The van der Waals surface area contributed by atoms with E-state index >= 15 is 0 Å². The molecule has 0 spiro atoms. The third-order valence-corrected chi connectivity index (χ3v) is 7.58. The number of benzene rings is 3. The van der Waals surface area contributed by atoms with Crippen LogP contribution in [0.3, 0.4) is 0 Å². The number of hydrogen-bond acceptors (Lipinski definition) is 6. The first-order valence-electron chi connectivity index (χ1n) is 14.6. The van der Waals surface area contributed by atoms with Crippen molar-refractivity contribution >= 4 is 17.8 Å². The summed E-state index contributed by atoms with van der Waals surface area (Å²) in [5, 5.41) is 15.6. The maximum Gasteiger partial charge on any atom is 0.334 e. The smallest absolute Gasteiger partial charge is 0.334 e. The molecule has 1 fully saturated rings. The number of phenolic OH excluding ortho intramolecular Hbond substituents is 1. The molecule has 10 nitrogen and oxygen atoms in total. The molecule has 3 aromatic carbocycles. The number of phenols is 1. The van der Waals surface area contributed by atoms with Crippen LogP contribution in [0.15, 0.2) is 78.9 Å². The molecule has 0 saturated carbocycles. The number of likely N-dealkylation sites (N-methyl/N-ethyl adjacent to an activating group) is 1. The number of amides is 4. The van der Waals surface area contributed by atoms with E-state index in [9.17, 15) is 23.9 Å². The van der Waals surface area contributed by atoms with Gasteiger partial charge in [0.25, 0.3) is 0 Å². The minimum atomic E-state index is -0.994. The van der Waals surface area contributed by atoms with Gasteiger partial charge in [0.05, 0.1) is 26.3 Å². The predicted octanol–water partition coefficient (Wildman–Crippen LogP) is 3.37. The monoisotopic (exact) mass is 615 g/mol. The molecular formula is C34H38FN5O5. The Kier molecular flexibility index (Phi) is 11.5. The highest BCUT2D eigenvalue weighted by Crippen LogP contribution is 2.24. The Bertz CT molecular complexity index is 1500. The number of nitrogens with one attached hydrogen (secondary N) is 1. The Morgan fingerprint density at radius 2 is 1.78 bits per heavy atom. The summed E-state index contributed by atoms with van der Waals surface area (Å²) in [4.78, 5) is 44.1. The predicted molar refractivity (Wildman–Crippen MR) is 167 cm³/mol. The number of carbonyl (C=O) groups excluding carboxylic acids is 3. The van der Waals surface area contributed by atoms with E-state index in [0.29, 0.717) is 11.1 Å². The molecule has 45 heavy (non-hydrogen) atoms. The summed E-state index contributed by atoms with van der Waals surface area (Å²) in [6.07, 6.45) is 4.85. The van der Waals surface area contributed by atoms with Crippen molar-refractivity contribution in [2.45, 2.75) is 38.7 Å². The standard InChI is InChI=1S/C34H38FN5O5/c1-4-18-38-23-32(42)39(25(2)40(38)34(44)36-22-27-10-6-5-7-11-27)31(21-26-14-16-29(41)17-15-26)33(43)37(3)19-20-45-24-28-12-8-9-13-30(28)35/h1,5-17,25,31,41H,18-24H2,2-3H3,(H,36,44)/t25-,31-/m0/s1. The van der Waals surface area contributed by atoms with Crippen LogP contribution in [0.5, 0.6) is 5.75 Å². The minimum Gasteiger partial charge on any atom is -0.508 e. The summed E-state index contributed by atoms with van der Waals surface area (Å²) < 4.78 is 19.6. The van der Waals surface area contributed by atoms with Gasteiger partial charge in [-0.15, -0.1) is 6.42 Å². The van der Waals surface area contributed by atoms with E-state index < -0.39 is 18.2 Å². The van der Waals surface area contributed by atoms with Gasteiger partial charge in [-0.1, -0.05) is 66.6 Å². The summed E-state index contributed by atoms with van der Waals surface area (Å²) >= 11 is 0.